The molecule has 9 unspecified atom stereocenters. The second kappa shape index (κ2) is 6.56. The molecule has 4 saturated carbocycles. The molecular weight excluding hydrogens is 328 g/mol. The SMILES string of the molecule is COCC(=O)C1CCC2C3CCC4CC(O)CCC4(C)C3C(O)CC12C. The first kappa shape index (κ1) is 18.9. The van der Waals surface area contributed by atoms with E-state index in [4.69, 9.17) is 4.74 Å². The maximum absolute atomic E-state index is 12.7. The van der Waals surface area contributed by atoms with E-state index in [9.17, 15) is 15.0 Å². The van der Waals surface area contributed by atoms with E-state index in [1.807, 2.05) is 0 Å². The number of hydrogen-bond donors (Lipinski definition) is 2. The molecule has 4 aliphatic carbocycles. The minimum absolute atomic E-state index is 0.0433. The molecule has 2 N–H and O–H groups in total. The van der Waals surface area contributed by atoms with Gasteiger partial charge in [0, 0.05) is 13.0 Å². The van der Waals surface area contributed by atoms with E-state index in [0.29, 0.717) is 23.7 Å². The lowest BCUT2D eigenvalue weighted by atomic mass is 9.44. The summed E-state index contributed by atoms with van der Waals surface area (Å²) in [4.78, 5) is 12.7. The lowest BCUT2D eigenvalue weighted by Crippen LogP contribution is -2.59. The Morgan fingerprint density at radius 3 is 2.58 bits per heavy atom. The summed E-state index contributed by atoms with van der Waals surface area (Å²) in [5.41, 5.74) is 0.0745. The van der Waals surface area contributed by atoms with Gasteiger partial charge in [-0.15, -0.1) is 0 Å². The summed E-state index contributed by atoms with van der Waals surface area (Å²) < 4.78 is 5.14. The number of Topliss-reactive ketones (excluding diaryl/α,β-unsaturated/α-hetero) is 1. The minimum Gasteiger partial charge on any atom is -0.393 e. The zero-order chi connectivity index (χ0) is 18.7. The highest BCUT2D eigenvalue weighted by atomic mass is 16.5. The first-order valence-corrected chi connectivity index (χ1v) is 10.7. The van der Waals surface area contributed by atoms with Crippen LogP contribution in [0.5, 0.6) is 0 Å². The van der Waals surface area contributed by atoms with Crippen molar-refractivity contribution in [1.82, 2.24) is 0 Å². The smallest absolute Gasteiger partial charge is 0.162 e. The highest BCUT2D eigenvalue weighted by Crippen LogP contribution is 2.67. The standard InChI is InChI=1S/C22H36O4/c1-21-9-8-14(23)10-13(21)4-5-15-16-6-7-17(19(25)12-26-3)22(16,2)11-18(24)20(15)21/h13-18,20,23-24H,4-12H2,1-3H3. The average Bonchev–Trinajstić information content (AvgIpc) is 2.92. The van der Waals surface area contributed by atoms with Crippen molar-refractivity contribution >= 4 is 5.78 Å². The summed E-state index contributed by atoms with van der Waals surface area (Å²) >= 11 is 0. The van der Waals surface area contributed by atoms with Gasteiger partial charge >= 0.3 is 0 Å². The van der Waals surface area contributed by atoms with Crippen molar-refractivity contribution < 1.29 is 19.7 Å². The Kier molecular flexibility index (Phi) is 4.77. The minimum atomic E-state index is -0.319. The number of ether oxygens (including phenoxy) is 1. The van der Waals surface area contributed by atoms with E-state index in [0.717, 1.165) is 44.9 Å². The third-order valence-electron chi connectivity index (χ3n) is 9.24. The van der Waals surface area contributed by atoms with Crippen molar-refractivity contribution in [3.8, 4) is 0 Å². The van der Waals surface area contributed by atoms with Crippen LogP contribution in [0.1, 0.15) is 65.2 Å². The van der Waals surface area contributed by atoms with Crippen molar-refractivity contribution in [2.24, 2.45) is 40.4 Å². The van der Waals surface area contributed by atoms with Crippen molar-refractivity contribution in [2.75, 3.05) is 13.7 Å². The average molecular weight is 365 g/mol. The van der Waals surface area contributed by atoms with E-state index in [1.165, 1.54) is 6.42 Å². The first-order valence-electron chi connectivity index (χ1n) is 10.7. The third kappa shape index (κ3) is 2.62. The van der Waals surface area contributed by atoms with Gasteiger partial charge in [0.1, 0.15) is 6.61 Å². The van der Waals surface area contributed by atoms with Gasteiger partial charge in [0.25, 0.3) is 0 Å². The third-order valence-corrected chi connectivity index (χ3v) is 9.24. The molecule has 0 aliphatic heterocycles. The van der Waals surface area contributed by atoms with Crippen LogP contribution in [0.3, 0.4) is 0 Å². The van der Waals surface area contributed by atoms with Gasteiger partial charge in [0.05, 0.1) is 12.2 Å². The fourth-order valence-corrected chi connectivity index (χ4v) is 8.13. The Bertz CT molecular complexity index is 562. The molecule has 4 nitrogen and oxygen atoms in total. The first-order chi connectivity index (χ1) is 12.3. The molecule has 0 bridgehead atoms. The van der Waals surface area contributed by atoms with Gasteiger partial charge in [-0.2, -0.15) is 0 Å². The molecular formula is C22H36O4. The number of aliphatic hydroxyl groups excluding tert-OH is 2. The van der Waals surface area contributed by atoms with Crippen LogP contribution in [0, 0.1) is 40.4 Å². The molecule has 4 rings (SSSR count). The van der Waals surface area contributed by atoms with Crippen molar-refractivity contribution in [1.29, 1.82) is 0 Å². The fourth-order valence-electron chi connectivity index (χ4n) is 8.13. The maximum atomic E-state index is 12.7. The number of ketones is 1. The Morgan fingerprint density at radius 1 is 1.08 bits per heavy atom. The molecule has 26 heavy (non-hydrogen) atoms. The van der Waals surface area contributed by atoms with Crippen molar-refractivity contribution in [3.63, 3.8) is 0 Å². The second-order valence-corrected chi connectivity index (χ2v) is 10.3. The van der Waals surface area contributed by atoms with E-state index >= 15 is 0 Å². The summed E-state index contributed by atoms with van der Waals surface area (Å²) in [7, 11) is 1.60. The van der Waals surface area contributed by atoms with Crippen LogP contribution < -0.4 is 0 Å². The van der Waals surface area contributed by atoms with E-state index in [1.54, 1.807) is 7.11 Å². The summed E-state index contributed by atoms with van der Waals surface area (Å²) in [5.74, 6) is 2.22. The predicted octanol–water partition coefficient (Wildman–Crippen LogP) is 3.19. The molecule has 0 radical (unpaired) electrons. The van der Waals surface area contributed by atoms with E-state index in [2.05, 4.69) is 13.8 Å². The van der Waals surface area contributed by atoms with Crippen LogP contribution in [0.4, 0.5) is 0 Å². The van der Waals surface area contributed by atoms with Gasteiger partial charge in [0.2, 0.25) is 0 Å². The van der Waals surface area contributed by atoms with Gasteiger partial charge in [0.15, 0.2) is 5.78 Å². The van der Waals surface area contributed by atoms with Crippen molar-refractivity contribution in [3.05, 3.63) is 0 Å². The van der Waals surface area contributed by atoms with Crippen LogP contribution >= 0.6 is 0 Å². The maximum Gasteiger partial charge on any atom is 0.162 e. The summed E-state index contributed by atoms with van der Waals surface area (Å²) in [6, 6.07) is 0. The van der Waals surface area contributed by atoms with Gasteiger partial charge in [-0.1, -0.05) is 13.8 Å². The second-order valence-electron chi connectivity index (χ2n) is 10.3. The molecule has 0 amide bonds. The van der Waals surface area contributed by atoms with Crippen LogP contribution in [0.25, 0.3) is 0 Å². The lowest BCUT2D eigenvalue weighted by Gasteiger charge is -2.62. The lowest BCUT2D eigenvalue weighted by molar-refractivity contribution is -0.179. The molecule has 0 heterocycles. The number of aliphatic hydroxyl groups is 2. The van der Waals surface area contributed by atoms with Gasteiger partial charge < -0.3 is 14.9 Å². The Hall–Kier alpha value is -0.450. The molecule has 9 atom stereocenters. The number of methoxy groups -OCH3 is 1. The predicted molar refractivity (Wildman–Crippen MR) is 99.5 cm³/mol. The molecule has 0 saturated heterocycles. The number of carbonyl (C=O) groups is 1. The fraction of sp³-hybridized carbons (Fsp3) is 0.955. The molecule has 4 fully saturated rings. The highest BCUT2D eigenvalue weighted by molar-refractivity contribution is 5.83. The van der Waals surface area contributed by atoms with E-state index in [-0.39, 0.29) is 41.3 Å². The van der Waals surface area contributed by atoms with Crippen LogP contribution in [0.15, 0.2) is 0 Å². The monoisotopic (exact) mass is 364 g/mol. The zero-order valence-corrected chi connectivity index (χ0v) is 16.6. The largest absolute Gasteiger partial charge is 0.393 e. The van der Waals surface area contributed by atoms with Crippen LogP contribution in [0.2, 0.25) is 0 Å². The number of carbonyl (C=O) groups excluding carboxylic acids is 1. The number of fused-ring (bicyclic) bond motifs is 5. The molecule has 148 valence electrons. The molecule has 0 spiro atoms. The zero-order valence-electron chi connectivity index (χ0n) is 16.6. The molecule has 0 aromatic carbocycles. The topological polar surface area (TPSA) is 66.8 Å². The summed E-state index contributed by atoms with van der Waals surface area (Å²) in [6.45, 7) is 4.85. The van der Waals surface area contributed by atoms with Gasteiger partial charge in [-0.25, -0.2) is 0 Å². The molecule has 4 aliphatic rings. The molecule has 0 aromatic rings. The summed E-state index contributed by atoms with van der Waals surface area (Å²) in [6.07, 6.45) is 7.49. The number of hydrogen-bond acceptors (Lipinski definition) is 4. The van der Waals surface area contributed by atoms with Gasteiger partial charge in [-0.05, 0) is 85.9 Å². The molecule has 0 aromatic heterocycles. The van der Waals surface area contributed by atoms with Crippen LogP contribution in [-0.2, 0) is 9.53 Å². The normalized spacial score (nSPS) is 53.5. The van der Waals surface area contributed by atoms with E-state index < -0.39 is 0 Å². The highest BCUT2D eigenvalue weighted by Gasteiger charge is 2.63. The number of rotatable bonds is 3. The summed E-state index contributed by atoms with van der Waals surface area (Å²) in [5, 5.41) is 21.5. The molecule has 4 heteroatoms. The van der Waals surface area contributed by atoms with Crippen molar-refractivity contribution in [2.45, 2.75) is 77.4 Å². The quantitative estimate of drug-likeness (QED) is 0.807. The Balaban J connectivity index is 1.62. The Morgan fingerprint density at radius 2 is 1.85 bits per heavy atom. The van der Waals surface area contributed by atoms with Crippen LogP contribution in [-0.4, -0.2) is 41.9 Å². The van der Waals surface area contributed by atoms with Gasteiger partial charge in [-0.3, -0.25) is 4.79 Å². The Labute approximate surface area is 157 Å².